The summed E-state index contributed by atoms with van der Waals surface area (Å²) in [5, 5.41) is 9.30. The summed E-state index contributed by atoms with van der Waals surface area (Å²) >= 11 is 3.41. The summed E-state index contributed by atoms with van der Waals surface area (Å²) in [6.07, 6.45) is 3.60. The molecule has 4 nitrogen and oxygen atoms in total. The van der Waals surface area contributed by atoms with E-state index in [-0.39, 0.29) is 5.91 Å². The molecule has 4 aromatic rings. The molecule has 0 aliphatic carbocycles. The van der Waals surface area contributed by atoms with E-state index in [1.54, 1.807) is 34.0 Å². The standard InChI is InChI=1S/C21H17N3OS2/c25-21(23-16-6-3-7-17(14-16)24-12-5-11-22-24)19-9-1-2-10-20(19)27-15-18-8-4-13-26-18/h1-14H,15H2,(H,23,25). The van der Waals surface area contributed by atoms with E-state index in [1.807, 2.05) is 66.9 Å². The maximum Gasteiger partial charge on any atom is 0.256 e. The van der Waals surface area contributed by atoms with Crippen LogP contribution < -0.4 is 5.32 Å². The molecule has 2 aromatic carbocycles. The predicted molar refractivity (Wildman–Crippen MR) is 112 cm³/mol. The maximum atomic E-state index is 12.8. The number of thiophene rings is 1. The van der Waals surface area contributed by atoms with Crippen LogP contribution in [-0.2, 0) is 5.75 Å². The summed E-state index contributed by atoms with van der Waals surface area (Å²) in [4.78, 5) is 15.1. The van der Waals surface area contributed by atoms with Gasteiger partial charge in [0, 0.05) is 33.6 Å². The van der Waals surface area contributed by atoms with Gasteiger partial charge in [0.1, 0.15) is 0 Å². The van der Waals surface area contributed by atoms with E-state index in [0.29, 0.717) is 5.56 Å². The molecule has 0 unspecified atom stereocenters. The van der Waals surface area contributed by atoms with Gasteiger partial charge in [0.2, 0.25) is 0 Å². The van der Waals surface area contributed by atoms with Gasteiger partial charge < -0.3 is 5.32 Å². The highest BCUT2D eigenvalue weighted by atomic mass is 32.2. The molecule has 1 amide bonds. The fourth-order valence-corrected chi connectivity index (χ4v) is 4.49. The largest absolute Gasteiger partial charge is 0.322 e. The Morgan fingerprint density at radius 3 is 2.81 bits per heavy atom. The van der Waals surface area contributed by atoms with Crippen LogP contribution in [-0.4, -0.2) is 15.7 Å². The normalized spacial score (nSPS) is 10.7. The summed E-state index contributed by atoms with van der Waals surface area (Å²) in [6, 6.07) is 21.4. The lowest BCUT2D eigenvalue weighted by atomic mass is 10.2. The van der Waals surface area contributed by atoms with Gasteiger partial charge in [-0.25, -0.2) is 4.68 Å². The Kier molecular flexibility index (Phi) is 5.37. The number of benzene rings is 2. The van der Waals surface area contributed by atoms with Crippen LogP contribution >= 0.6 is 23.1 Å². The second-order valence-electron chi connectivity index (χ2n) is 5.82. The maximum absolute atomic E-state index is 12.8. The molecule has 0 atom stereocenters. The Bertz CT molecular complexity index is 1030. The minimum atomic E-state index is -0.109. The van der Waals surface area contributed by atoms with Crippen molar-refractivity contribution in [2.45, 2.75) is 10.6 Å². The highest BCUT2D eigenvalue weighted by Crippen LogP contribution is 2.28. The number of aromatic nitrogens is 2. The van der Waals surface area contributed by atoms with E-state index in [2.05, 4.69) is 21.9 Å². The van der Waals surface area contributed by atoms with Crippen molar-refractivity contribution in [3.05, 3.63) is 94.9 Å². The first-order valence-electron chi connectivity index (χ1n) is 8.45. The zero-order valence-corrected chi connectivity index (χ0v) is 16.0. The van der Waals surface area contributed by atoms with Gasteiger partial charge in [-0.15, -0.1) is 23.1 Å². The molecule has 0 spiro atoms. The first-order valence-corrected chi connectivity index (χ1v) is 10.3. The molecule has 134 valence electrons. The van der Waals surface area contributed by atoms with Crippen molar-refractivity contribution in [2.24, 2.45) is 0 Å². The quantitative estimate of drug-likeness (QED) is 0.443. The second-order valence-corrected chi connectivity index (χ2v) is 7.87. The van der Waals surface area contributed by atoms with Crippen LogP contribution in [0.1, 0.15) is 15.2 Å². The van der Waals surface area contributed by atoms with Crippen molar-refractivity contribution in [1.29, 1.82) is 0 Å². The number of hydrogen-bond acceptors (Lipinski definition) is 4. The lowest BCUT2D eigenvalue weighted by Gasteiger charge is -2.11. The fourth-order valence-electron chi connectivity index (χ4n) is 2.67. The fraction of sp³-hybridized carbons (Fsp3) is 0.0476. The van der Waals surface area contributed by atoms with Crippen LogP contribution in [0, 0.1) is 0 Å². The van der Waals surface area contributed by atoms with Gasteiger partial charge in [-0.1, -0.05) is 24.3 Å². The van der Waals surface area contributed by atoms with E-state index < -0.39 is 0 Å². The van der Waals surface area contributed by atoms with Crippen molar-refractivity contribution in [3.63, 3.8) is 0 Å². The van der Waals surface area contributed by atoms with Gasteiger partial charge in [-0.3, -0.25) is 4.79 Å². The highest BCUT2D eigenvalue weighted by molar-refractivity contribution is 7.98. The first-order chi connectivity index (χ1) is 13.3. The van der Waals surface area contributed by atoms with Gasteiger partial charge in [-0.05, 0) is 47.8 Å². The van der Waals surface area contributed by atoms with Crippen molar-refractivity contribution >= 4 is 34.7 Å². The topological polar surface area (TPSA) is 46.9 Å². The number of thioether (sulfide) groups is 1. The zero-order chi connectivity index (χ0) is 18.5. The Balaban J connectivity index is 1.51. The number of rotatable bonds is 6. The van der Waals surface area contributed by atoms with Crippen LogP contribution in [0.3, 0.4) is 0 Å². The predicted octanol–water partition coefficient (Wildman–Crippen LogP) is 5.48. The number of carbonyl (C=O) groups is 1. The van der Waals surface area contributed by atoms with Crippen LogP contribution in [0.5, 0.6) is 0 Å². The minimum Gasteiger partial charge on any atom is -0.322 e. The molecule has 1 N–H and O–H groups in total. The second kappa shape index (κ2) is 8.24. The average Bonchev–Trinajstić information content (AvgIpc) is 3.41. The molecule has 4 rings (SSSR count). The third-order valence-corrected chi connectivity index (χ3v) is 6.14. The van der Waals surface area contributed by atoms with Crippen LogP contribution in [0.2, 0.25) is 0 Å². The Labute approximate surface area is 165 Å². The summed E-state index contributed by atoms with van der Waals surface area (Å²) in [5.41, 5.74) is 2.33. The van der Waals surface area contributed by atoms with Gasteiger partial charge in [-0.2, -0.15) is 5.10 Å². The summed E-state index contributed by atoms with van der Waals surface area (Å²) in [6.45, 7) is 0. The number of hydrogen-bond donors (Lipinski definition) is 1. The molecule has 2 heterocycles. The molecular formula is C21H17N3OS2. The number of nitrogens with zero attached hydrogens (tertiary/aromatic N) is 2. The lowest BCUT2D eigenvalue weighted by Crippen LogP contribution is -2.13. The Hall–Kier alpha value is -2.83. The molecule has 27 heavy (non-hydrogen) atoms. The molecule has 0 saturated carbocycles. The summed E-state index contributed by atoms with van der Waals surface area (Å²) < 4.78 is 1.76. The lowest BCUT2D eigenvalue weighted by molar-refractivity contribution is 0.102. The van der Waals surface area contributed by atoms with E-state index in [1.165, 1.54) is 4.88 Å². The number of carbonyl (C=O) groups excluding carboxylic acids is 1. The zero-order valence-electron chi connectivity index (χ0n) is 14.4. The molecule has 0 aliphatic heterocycles. The number of nitrogens with one attached hydrogen (secondary N) is 1. The van der Waals surface area contributed by atoms with Gasteiger partial charge >= 0.3 is 0 Å². The van der Waals surface area contributed by atoms with Gasteiger partial charge in [0.05, 0.1) is 11.3 Å². The molecule has 0 fully saturated rings. The van der Waals surface area contributed by atoms with Crippen LogP contribution in [0.15, 0.2) is 89.4 Å². The number of amides is 1. The summed E-state index contributed by atoms with van der Waals surface area (Å²) in [7, 11) is 0. The summed E-state index contributed by atoms with van der Waals surface area (Å²) in [5.74, 6) is 0.749. The highest BCUT2D eigenvalue weighted by Gasteiger charge is 2.12. The molecule has 2 aromatic heterocycles. The third-order valence-electron chi connectivity index (χ3n) is 3.95. The Morgan fingerprint density at radius 1 is 1.07 bits per heavy atom. The molecule has 6 heteroatoms. The molecule has 0 radical (unpaired) electrons. The van der Waals surface area contributed by atoms with E-state index in [0.717, 1.165) is 22.0 Å². The van der Waals surface area contributed by atoms with Crippen LogP contribution in [0.4, 0.5) is 5.69 Å². The molecular weight excluding hydrogens is 374 g/mol. The third kappa shape index (κ3) is 4.30. The van der Waals surface area contributed by atoms with E-state index >= 15 is 0 Å². The van der Waals surface area contributed by atoms with E-state index in [9.17, 15) is 4.79 Å². The first kappa shape index (κ1) is 17.6. The van der Waals surface area contributed by atoms with Crippen molar-refractivity contribution in [3.8, 4) is 5.69 Å². The smallest absolute Gasteiger partial charge is 0.256 e. The Morgan fingerprint density at radius 2 is 2.00 bits per heavy atom. The van der Waals surface area contributed by atoms with Gasteiger partial charge in [0.15, 0.2) is 0 Å². The van der Waals surface area contributed by atoms with Crippen molar-refractivity contribution in [2.75, 3.05) is 5.32 Å². The van der Waals surface area contributed by atoms with Crippen LogP contribution in [0.25, 0.3) is 5.69 Å². The molecule has 0 bridgehead atoms. The SMILES string of the molecule is O=C(Nc1cccc(-n2cccn2)c1)c1ccccc1SCc1cccs1. The average molecular weight is 392 g/mol. The molecule has 0 aliphatic rings. The van der Waals surface area contributed by atoms with Crippen molar-refractivity contribution < 1.29 is 4.79 Å². The minimum absolute atomic E-state index is 0.109. The number of anilines is 1. The van der Waals surface area contributed by atoms with E-state index in [4.69, 9.17) is 0 Å². The van der Waals surface area contributed by atoms with Crippen molar-refractivity contribution in [1.82, 2.24) is 9.78 Å². The molecule has 0 saturated heterocycles. The monoisotopic (exact) mass is 391 g/mol. The van der Waals surface area contributed by atoms with Gasteiger partial charge in [0.25, 0.3) is 5.91 Å².